The molecule has 0 saturated heterocycles. The normalized spacial score (nSPS) is 10.6. The van der Waals surface area contributed by atoms with Gasteiger partial charge in [0, 0.05) is 19.9 Å². The maximum atomic E-state index is 10.8. The second kappa shape index (κ2) is 5.49. The van der Waals surface area contributed by atoms with E-state index in [-0.39, 0.29) is 6.04 Å². The molecular formula is C8H14O6Si. The van der Waals surface area contributed by atoms with E-state index < -0.39 is 32.5 Å². The standard InChI is InChI=1S/C8H14O6Si/c1-4-15(5-8(11)12,13-6(2)9)14-7(3)10/h4-5H2,1-3H3,(H,11,12). The van der Waals surface area contributed by atoms with Gasteiger partial charge in [-0.1, -0.05) is 6.92 Å². The Labute approximate surface area is 88.4 Å². The number of aliphatic carboxylic acids is 1. The predicted molar refractivity (Wildman–Crippen MR) is 52.2 cm³/mol. The van der Waals surface area contributed by atoms with Crippen molar-refractivity contribution in [3.63, 3.8) is 0 Å². The van der Waals surface area contributed by atoms with Gasteiger partial charge in [-0.2, -0.15) is 0 Å². The molecule has 0 unspecified atom stereocenters. The topological polar surface area (TPSA) is 89.9 Å². The number of hydrogen-bond acceptors (Lipinski definition) is 5. The number of carbonyl (C=O) groups excluding carboxylic acids is 2. The van der Waals surface area contributed by atoms with Gasteiger partial charge in [-0.25, -0.2) is 0 Å². The maximum Gasteiger partial charge on any atom is 0.475 e. The van der Waals surface area contributed by atoms with E-state index in [2.05, 4.69) is 0 Å². The Bertz CT molecular complexity index is 234. The highest BCUT2D eigenvalue weighted by molar-refractivity contribution is 6.73. The number of rotatable bonds is 5. The molecule has 86 valence electrons. The van der Waals surface area contributed by atoms with Gasteiger partial charge in [-0.15, -0.1) is 0 Å². The lowest BCUT2D eigenvalue weighted by atomic mass is 10.8. The molecule has 1 N–H and O–H groups in total. The summed E-state index contributed by atoms with van der Waals surface area (Å²) in [4.78, 5) is 32.2. The number of carboxylic acids is 1. The second-order valence-corrected chi connectivity index (χ2v) is 6.31. The summed E-state index contributed by atoms with van der Waals surface area (Å²) in [5.74, 6) is -2.41. The van der Waals surface area contributed by atoms with E-state index in [1.54, 1.807) is 6.92 Å². The van der Waals surface area contributed by atoms with Crippen molar-refractivity contribution >= 4 is 26.5 Å². The molecule has 0 aromatic carbocycles. The van der Waals surface area contributed by atoms with Gasteiger partial charge in [0.25, 0.3) is 11.9 Å². The highest BCUT2D eigenvalue weighted by Gasteiger charge is 2.44. The quantitative estimate of drug-likeness (QED) is 0.703. The zero-order valence-corrected chi connectivity index (χ0v) is 9.90. The first-order chi connectivity index (χ1) is 6.81. The summed E-state index contributed by atoms with van der Waals surface area (Å²) in [5.41, 5.74) is 0. The van der Waals surface area contributed by atoms with Crippen LogP contribution in [0.1, 0.15) is 20.8 Å². The number of carboxylic acid groups (broad SMARTS) is 1. The molecule has 0 atom stereocenters. The SMILES string of the molecule is CC[Si](CC(=O)O)(OC(C)=O)OC(C)=O. The van der Waals surface area contributed by atoms with Crippen LogP contribution in [0.2, 0.25) is 12.1 Å². The molecule has 0 heterocycles. The van der Waals surface area contributed by atoms with E-state index >= 15 is 0 Å². The molecular weight excluding hydrogens is 220 g/mol. The Kier molecular flexibility index (Phi) is 4.99. The van der Waals surface area contributed by atoms with Gasteiger partial charge >= 0.3 is 14.5 Å². The first-order valence-corrected chi connectivity index (χ1v) is 6.65. The van der Waals surface area contributed by atoms with Crippen LogP contribution in [0.15, 0.2) is 0 Å². The van der Waals surface area contributed by atoms with E-state index in [0.717, 1.165) is 13.8 Å². The Morgan fingerprint density at radius 2 is 1.53 bits per heavy atom. The van der Waals surface area contributed by atoms with Crippen LogP contribution in [0.25, 0.3) is 0 Å². The predicted octanol–water partition coefficient (Wildman–Crippen LogP) is 0.659. The molecule has 0 saturated carbocycles. The summed E-state index contributed by atoms with van der Waals surface area (Å²) in [6.07, 6.45) is 0. The van der Waals surface area contributed by atoms with Crippen LogP contribution in [0, 0.1) is 0 Å². The summed E-state index contributed by atoms with van der Waals surface area (Å²) in [6, 6.07) is -0.207. The fourth-order valence-electron chi connectivity index (χ4n) is 1.12. The Morgan fingerprint density at radius 1 is 1.13 bits per heavy atom. The average molecular weight is 234 g/mol. The smallest absolute Gasteiger partial charge is 0.475 e. The van der Waals surface area contributed by atoms with Crippen LogP contribution >= 0.6 is 0 Å². The highest BCUT2D eigenvalue weighted by Crippen LogP contribution is 2.19. The van der Waals surface area contributed by atoms with Crippen molar-refractivity contribution in [3.8, 4) is 0 Å². The van der Waals surface area contributed by atoms with Crippen molar-refractivity contribution in [1.82, 2.24) is 0 Å². The van der Waals surface area contributed by atoms with Crippen molar-refractivity contribution in [2.45, 2.75) is 32.9 Å². The minimum atomic E-state index is -3.26. The van der Waals surface area contributed by atoms with Crippen LogP contribution in [-0.4, -0.2) is 31.6 Å². The average Bonchev–Trinajstić information content (AvgIpc) is 1.99. The zero-order valence-electron chi connectivity index (χ0n) is 8.90. The fraction of sp³-hybridized carbons (Fsp3) is 0.625. The first kappa shape index (κ1) is 13.6. The summed E-state index contributed by atoms with van der Waals surface area (Å²) >= 11 is 0. The Balaban J connectivity index is 4.81. The van der Waals surface area contributed by atoms with Crippen molar-refractivity contribution in [1.29, 1.82) is 0 Å². The van der Waals surface area contributed by atoms with Crippen LogP contribution in [-0.2, 0) is 23.2 Å². The summed E-state index contributed by atoms with van der Waals surface area (Å²) in [6.45, 7) is 3.94. The lowest BCUT2D eigenvalue weighted by molar-refractivity contribution is -0.140. The largest absolute Gasteiger partial charge is 0.485 e. The molecule has 0 aromatic heterocycles. The van der Waals surface area contributed by atoms with E-state index in [4.69, 9.17) is 14.0 Å². The molecule has 0 aliphatic heterocycles. The molecule has 6 nitrogen and oxygen atoms in total. The Morgan fingerprint density at radius 3 is 1.73 bits per heavy atom. The van der Waals surface area contributed by atoms with Gasteiger partial charge in [0.15, 0.2) is 0 Å². The number of hydrogen-bond donors (Lipinski definition) is 1. The first-order valence-electron chi connectivity index (χ1n) is 4.42. The van der Waals surface area contributed by atoms with Gasteiger partial charge < -0.3 is 14.0 Å². The summed E-state index contributed by atoms with van der Waals surface area (Å²) in [7, 11) is -3.26. The zero-order chi connectivity index (χ0) is 12.1. The van der Waals surface area contributed by atoms with Gasteiger partial charge in [-0.3, -0.25) is 14.4 Å². The van der Waals surface area contributed by atoms with Gasteiger partial charge in [0.2, 0.25) is 0 Å². The third-order valence-corrected chi connectivity index (χ3v) is 4.86. The third-order valence-electron chi connectivity index (χ3n) is 1.62. The van der Waals surface area contributed by atoms with Crippen LogP contribution < -0.4 is 0 Å². The third kappa shape index (κ3) is 5.16. The second-order valence-electron chi connectivity index (χ2n) is 3.02. The highest BCUT2D eigenvalue weighted by atomic mass is 28.4. The molecule has 0 radical (unpaired) electrons. The monoisotopic (exact) mass is 234 g/mol. The molecule has 0 spiro atoms. The van der Waals surface area contributed by atoms with E-state index in [1.165, 1.54) is 0 Å². The fourth-order valence-corrected chi connectivity index (χ4v) is 3.35. The van der Waals surface area contributed by atoms with Crippen LogP contribution in [0.5, 0.6) is 0 Å². The molecule has 0 aliphatic rings. The lowest BCUT2D eigenvalue weighted by Gasteiger charge is -2.25. The molecule has 0 rings (SSSR count). The molecule has 0 aliphatic carbocycles. The minimum Gasteiger partial charge on any atom is -0.485 e. The molecule has 0 fully saturated rings. The molecule has 0 bridgehead atoms. The van der Waals surface area contributed by atoms with Gasteiger partial charge in [0.05, 0.1) is 0 Å². The summed E-state index contributed by atoms with van der Waals surface area (Å²) in [5, 5.41) is 8.66. The molecule has 7 heteroatoms. The van der Waals surface area contributed by atoms with E-state index in [9.17, 15) is 14.4 Å². The molecule has 15 heavy (non-hydrogen) atoms. The minimum absolute atomic E-state index is 0.221. The maximum absolute atomic E-state index is 10.8. The van der Waals surface area contributed by atoms with Crippen LogP contribution in [0.3, 0.4) is 0 Å². The van der Waals surface area contributed by atoms with E-state index in [0.29, 0.717) is 0 Å². The number of carbonyl (C=O) groups is 3. The van der Waals surface area contributed by atoms with Crippen LogP contribution in [0.4, 0.5) is 0 Å². The van der Waals surface area contributed by atoms with Crippen molar-refractivity contribution in [2.24, 2.45) is 0 Å². The van der Waals surface area contributed by atoms with Gasteiger partial charge in [-0.05, 0) is 0 Å². The molecule has 0 aromatic rings. The van der Waals surface area contributed by atoms with Crippen molar-refractivity contribution in [2.75, 3.05) is 0 Å². The van der Waals surface area contributed by atoms with Gasteiger partial charge in [0.1, 0.15) is 6.04 Å². The van der Waals surface area contributed by atoms with E-state index in [1.807, 2.05) is 0 Å². The Hall–Kier alpha value is -1.37. The van der Waals surface area contributed by atoms with Crippen molar-refractivity contribution in [3.05, 3.63) is 0 Å². The molecule has 0 amide bonds. The van der Waals surface area contributed by atoms with Crippen molar-refractivity contribution < 1.29 is 28.3 Å². The lowest BCUT2D eigenvalue weighted by Crippen LogP contribution is -2.46. The summed E-state index contributed by atoms with van der Waals surface area (Å²) < 4.78 is 9.77.